The second-order valence-electron chi connectivity index (χ2n) is 2.20. The maximum absolute atomic E-state index is 5.19. The van der Waals surface area contributed by atoms with Gasteiger partial charge in [0.15, 0.2) is 0 Å². The summed E-state index contributed by atoms with van der Waals surface area (Å²) in [5, 5.41) is 0. The van der Waals surface area contributed by atoms with E-state index in [1.54, 1.807) is 12.5 Å². The average Bonchev–Trinajstić information content (AvgIpc) is 2.28. The van der Waals surface area contributed by atoms with E-state index in [4.69, 9.17) is 4.74 Å². The number of pyridine rings is 1. The van der Waals surface area contributed by atoms with Crippen molar-refractivity contribution in [1.82, 2.24) is 4.98 Å². The zero-order chi connectivity index (χ0) is 7.52. The number of rotatable bonds is 0. The molecule has 4 heteroatoms. The number of ether oxygens (including phenoxy) is 1. The second-order valence-corrected chi connectivity index (χ2v) is 2.20. The Morgan fingerprint density at radius 1 is 1.15 bits per heavy atom. The van der Waals surface area contributed by atoms with Gasteiger partial charge in [-0.1, -0.05) is 6.08 Å². The second kappa shape index (κ2) is 5.62. The molecule has 2 heterocycles. The van der Waals surface area contributed by atoms with Crippen molar-refractivity contribution in [3.05, 3.63) is 42.3 Å². The topological polar surface area (TPSA) is 22.1 Å². The molecule has 2 nitrogen and oxygen atoms in total. The Morgan fingerprint density at radius 3 is 2.85 bits per heavy atom. The molecule has 0 aromatic carbocycles. The third-order valence-electron chi connectivity index (χ3n) is 1.45. The van der Waals surface area contributed by atoms with Crippen LogP contribution in [0.1, 0.15) is 5.56 Å². The number of halogens is 2. The van der Waals surface area contributed by atoms with Crippen LogP contribution in [0.15, 0.2) is 36.7 Å². The third-order valence-corrected chi connectivity index (χ3v) is 1.45. The molecule has 0 aliphatic carbocycles. The standard InChI is InChI=1S/C9H7NO.2ClH/c1-2-7-11-9-8(4-1)5-3-6-10-9;;/h1-7H;2*1H. The molecule has 1 aliphatic heterocycles. The van der Waals surface area contributed by atoms with Crippen LogP contribution in [0.25, 0.3) is 6.08 Å². The number of fused-ring (bicyclic) bond motifs is 1. The first-order chi connectivity index (χ1) is 5.47. The fourth-order valence-corrected chi connectivity index (χ4v) is 0.937. The SMILES string of the molecule is C1=COc2ncccc2C=C1.Cl.Cl. The van der Waals surface area contributed by atoms with Crippen molar-refractivity contribution in [3.8, 4) is 5.88 Å². The Bertz CT molecular complexity index is 323. The summed E-state index contributed by atoms with van der Waals surface area (Å²) in [4.78, 5) is 4.05. The van der Waals surface area contributed by atoms with Gasteiger partial charge in [0.2, 0.25) is 5.88 Å². The lowest BCUT2D eigenvalue weighted by Gasteiger charge is -1.99. The maximum Gasteiger partial charge on any atom is 0.225 e. The summed E-state index contributed by atoms with van der Waals surface area (Å²) < 4.78 is 5.19. The summed E-state index contributed by atoms with van der Waals surface area (Å²) in [5.74, 6) is 0.664. The molecule has 1 aromatic rings. The smallest absolute Gasteiger partial charge is 0.225 e. The van der Waals surface area contributed by atoms with E-state index >= 15 is 0 Å². The van der Waals surface area contributed by atoms with Crippen molar-refractivity contribution in [3.63, 3.8) is 0 Å². The zero-order valence-electron chi connectivity index (χ0n) is 6.71. The minimum atomic E-state index is 0. The molecule has 2 rings (SSSR count). The molecular weight excluding hydrogens is 209 g/mol. The fourth-order valence-electron chi connectivity index (χ4n) is 0.937. The van der Waals surface area contributed by atoms with Gasteiger partial charge in [-0.15, -0.1) is 24.8 Å². The van der Waals surface area contributed by atoms with Crippen molar-refractivity contribution in [1.29, 1.82) is 0 Å². The van der Waals surface area contributed by atoms with Crippen LogP contribution in [-0.4, -0.2) is 4.98 Å². The van der Waals surface area contributed by atoms with E-state index in [1.165, 1.54) is 0 Å². The molecule has 0 N–H and O–H groups in total. The molecule has 0 saturated carbocycles. The van der Waals surface area contributed by atoms with Gasteiger partial charge in [-0.05, 0) is 24.3 Å². The van der Waals surface area contributed by atoms with Crippen LogP contribution in [0.4, 0.5) is 0 Å². The van der Waals surface area contributed by atoms with Crippen LogP contribution in [0, 0.1) is 0 Å². The lowest BCUT2D eigenvalue weighted by Crippen LogP contribution is -1.86. The lowest BCUT2D eigenvalue weighted by molar-refractivity contribution is 0.461. The van der Waals surface area contributed by atoms with E-state index in [9.17, 15) is 0 Å². The molecule has 0 bridgehead atoms. The highest BCUT2D eigenvalue weighted by Crippen LogP contribution is 2.17. The predicted octanol–water partition coefficient (Wildman–Crippen LogP) is 2.84. The molecule has 0 unspecified atom stereocenters. The van der Waals surface area contributed by atoms with Crippen LogP contribution in [0.5, 0.6) is 5.88 Å². The lowest BCUT2D eigenvalue weighted by atomic mass is 10.2. The fraction of sp³-hybridized carbons (Fsp3) is 0. The van der Waals surface area contributed by atoms with E-state index in [0.717, 1.165) is 5.56 Å². The number of hydrogen-bond acceptors (Lipinski definition) is 2. The highest BCUT2D eigenvalue weighted by molar-refractivity contribution is 5.85. The Labute approximate surface area is 89.1 Å². The summed E-state index contributed by atoms with van der Waals surface area (Å²) in [6, 6.07) is 3.85. The van der Waals surface area contributed by atoms with Crippen molar-refractivity contribution < 1.29 is 4.74 Å². The normalized spacial score (nSPS) is 11.4. The van der Waals surface area contributed by atoms with Gasteiger partial charge in [0.05, 0.1) is 6.26 Å². The zero-order valence-corrected chi connectivity index (χ0v) is 8.35. The number of nitrogens with zero attached hydrogens (tertiary/aromatic N) is 1. The van der Waals surface area contributed by atoms with Gasteiger partial charge < -0.3 is 4.74 Å². The van der Waals surface area contributed by atoms with Gasteiger partial charge in [-0.25, -0.2) is 4.98 Å². The first-order valence-electron chi connectivity index (χ1n) is 3.42. The quantitative estimate of drug-likeness (QED) is 0.667. The van der Waals surface area contributed by atoms with Gasteiger partial charge in [0.1, 0.15) is 0 Å². The molecule has 0 saturated heterocycles. The molecule has 1 aromatic heterocycles. The van der Waals surface area contributed by atoms with E-state index < -0.39 is 0 Å². The van der Waals surface area contributed by atoms with Gasteiger partial charge in [0.25, 0.3) is 0 Å². The summed E-state index contributed by atoms with van der Waals surface area (Å²) in [6.45, 7) is 0. The van der Waals surface area contributed by atoms with Crippen molar-refractivity contribution in [2.24, 2.45) is 0 Å². The molecule has 0 atom stereocenters. The minimum Gasteiger partial charge on any atom is -0.446 e. The van der Waals surface area contributed by atoms with Crippen LogP contribution >= 0.6 is 24.8 Å². The van der Waals surface area contributed by atoms with Gasteiger partial charge in [0, 0.05) is 11.8 Å². The summed E-state index contributed by atoms with van der Waals surface area (Å²) in [7, 11) is 0. The van der Waals surface area contributed by atoms with Gasteiger partial charge in [-0.3, -0.25) is 0 Å². The first-order valence-corrected chi connectivity index (χ1v) is 3.42. The molecule has 0 fully saturated rings. The summed E-state index contributed by atoms with van der Waals surface area (Å²) >= 11 is 0. The van der Waals surface area contributed by atoms with Crippen molar-refractivity contribution in [2.75, 3.05) is 0 Å². The molecule has 1 aliphatic rings. The molecule has 0 amide bonds. The highest BCUT2D eigenvalue weighted by atomic mass is 35.5. The van der Waals surface area contributed by atoms with Crippen LogP contribution in [-0.2, 0) is 0 Å². The molecule has 0 radical (unpaired) electrons. The summed E-state index contributed by atoms with van der Waals surface area (Å²) in [5.41, 5.74) is 1.01. The largest absolute Gasteiger partial charge is 0.446 e. The van der Waals surface area contributed by atoms with Crippen molar-refractivity contribution in [2.45, 2.75) is 0 Å². The van der Waals surface area contributed by atoms with Crippen LogP contribution in [0.2, 0.25) is 0 Å². The third kappa shape index (κ3) is 2.76. The molecular formula is C9H9Cl2NO. The molecule has 13 heavy (non-hydrogen) atoms. The van der Waals surface area contributed by atoms with E-state index in [0.29, 0.717) is 5.88 Å². The van der Waals surface area contributed by atoms with E-state index in [1.807, 2.05) is 30.4 Å². The van der Waals surface area contributed by atoms with E-state index in [-0.39, 0.29) is 24.8 Å². The maximum atomic E-state index is 5.19. The average molecular weight is 218 g/mol. The van der Waals surface area contributed by atoms with Gasteiger partial charge in [-0.2, -0.15) is 0 Å². The Balaban J connectivity index is 0.000000720. The monoisotopic (exact) mass is 217 g/mol. The Kier molecular flexibility index (Phi) is 5.19. The number of allylic oxidation sites excluding steroid dienone is 2. The summed E-state index contributed by atoms with van der Waals surface area (Å²) in [6.07, 6.45) is 9.06. The predicted molar refractivity (Wildman–Crippen MR) is 57.5 cm³/mol. The minimum absolute atomic E-state index is 0. The number of hydrogen-bond donors (Lipinski definition) is 0. The molecule has 70 valence electrons. The van der Waals surface area contributed by atoms with Crippen molar-refractivity contribution >= 4 is 30.9 Å². The first kappa shape index (κ1) is 12.0. The number of aromatic nitrogens is 1. The van der Waals surface area contributed by atoms with Gasteiger partial charge >= 0.3 is 0 Å². The molecule has 0 spiro atoms. The van der Waals surface area contributed by atoms with E-state index in [2.05, 4.69) is 4.98 Å². The highest BCUT2D eigenvalue weighted by Gasteiger charge is 1.99. The Morgan fingerprint density at radius 2 is 2.00 bits per heavy atom. The van der Waals surface area contributed by atoms with Crippen LogP contribution in [0.3, 0.4) is 0 Å². The Hall–Kier alpha value is -0.990. The van der Waals surface area contributed by atoms with Crippen LogP contribution < -0.4 is 4.74 Å².